The first kappa shape index (κ1) is 17.3. The summed E-state index contributed by atoms with van der Waals surface area (Å²) in [5, 5.41) is 11.1. The summed E-state index contributed by atoms with van der Waals surface area (Å²) < 4.78 is 49.3. The standard InChI is InChI=1S/C16H13F3N2O4/c1-10-9-24-15(25-10)6-4-12(5-7-15)20-13-3-2-11(16(17,18)19)8-14(13)21(22)23/h2-8,10H,9H2,1H3. The third kappa shape index (κ3) is 3.62. The summed E-state index contributed by atoms with van der Waals surface area (Å²) in [5.41, 5.74) is -1.65. The van der Waals surface area contributed by atoms with Crippen molar-refractivity contribution in [1.29, 1.82) is 0 Å². The molecule has 9 heteroatoms. The highest BCUT2D eigenvalue weighted by atomic mass is 19.4. The molecule has 132 valence electrons. The lowest BCUT2D eigenvalue weighted by Crippen LogP contribution is -2.27. The molecule has 1 fully saturated rings. The van der Waals surface area contributed by atoms with Gasteiger partial charge in [0.15, 0.2) is 0 Å². The number of halogens is 3. The molecule has 1 heterocycles. The topological polar surface area (TPSA) is 74.0 Å². The smallest absolute Gasteiger partial charge is 0.340 e. The van der Waals surface area contributed by atoms with Gasteiger partial charge in [0, 0.05) is 6.07 Å². The van der Waals surface area contributed by atoms with E-state index >= 15 is 0 Å². The summed E-state index contributed by atoms with van der Waals surface area (Å²) >= 11 is 0. The van der Waals surface area contributed by atoms with E-state index in [-0.39, 0.29) is 11.8 Å². The van der Waals surface area contributed by atoms with E-state index in [2.05, 4.69) is 4.99 Å². The molecule has 1 aromatic carbocycles. The maximum atomic E-state index is 12.7. The van der Waals surface area contributed by atoms with Crippen molar-refractivity contribution in [3.8, 4) is 0 Å². The molecular weight excluding hydrogens is 341 g/mol. The van der Waals surface area contributed by atoms with E-state index in [4.69, 9.17) is 9.47 Å². The van der Waals surface area contributed by atoms with Crippen LogP contribution in [0.4, 0.5) is 24.5 Å². The van der Waals surface area contributed by atoms with Gasteiger partial charge in [-0.2, -0.15) is 13.2 Å². The molecule has 0 aromatic heterocycles. The van der Waals surface area contributed by atoms with E-state index in [1.165, 1.54) is 0 Å². The lowest BCUT2D eigenvalue weighted by Gasteiger charge is -2.22. The Hall–Kier alpha value is -2.52. The van der Waals surface area contributed by atoms with Crippen LogP contribution < -0.4 is 0 Å². The van der Waals surface area contributed by atoms with Crippen molar-refractivity contribution in [3.05, 3.63) is 58.2 Å². The molecule has 0 radical (unpaired) electrons. The minimum Gasteiger partial charge on any atom is -0.340 e. The van der Waals surface area contributed by atoms with Crippen LogP contribution in [0.3, 0.4) is 0 Å². The van der Waals surface area contributed by atoms with Gasteiger partial charge >= 0.3 is 6.18 Å². The van der Waals surface area contributed by atoms with E-state index in [1.807, 2.05) is 6.92 Å². The Morgan fingerprint density at radius 1 is 1.32 bits per heavy atom. The van der Waals surface area contributed by atoms with Crippen molar-refractivity contribution in [2.75, 3.05) is 6.61 Å². The normalized spacial score (nSPS) is 25.6. The van der Waals surface area contributed by atoms with Gasteiger partial charge in [0.1, 0.15) is 5.69 Å². The second kappa shape index (κ2) is 6.08. The van der Waals surface area contributed by atoms with E-state index in [1.54, 1.807) is 24.3 Å². The Bertz CT molecular complexity index is 783. The molecule has 1 spiro atoms. The summed E-state index contributed by atoms with van der Waals surface area (Å²) in [4.78, 5) is 14.2. The van der Waals surface area contributed by atoms with Crippen LogP contribution in [-0.2, 0) is 15.7 Å². The molecule has 2 aliphatic rings. The van der Waals surface area contributed by atoms with Crippen LogP contribution in [0.15, 0.2) is 47.5 Å². The van der Waals surface area contributed by atoms with Crippen LogP contribution in [0.1, 0.15) is 12.5 Å². The van der Waals surface area contributed by atoms with Gasteiger partial charge in [-0.15, -0.1) is 0 Å². The molecule has 25 heavy (non-hydrogen) atoms. The first-order valence-electron chi connectivity index (χ1n) is 7.33. The second-order valence-electron chi connectivity index (χ2n) is 5.62. The van der Waals surface area contributed by atoms with E-state index < -0.39 is 28.1 Å². The number of allylic oxidation sites excluding steroid dienone is 2. The Balaban J connectivity index is 1.91. The molecule has 0 amide bonds. The number of aliphatic imine (C=N–C) groups is 1. The van der Waals surface area contributed by atoms with Gasteiger partial charge in [0.2, 0.25) is 5.79 Å². The summed E-state index contributed by atoms with van der Waals surface area (Å²) in [5.74, 6) is -0.982. The van der Waals surface area contributed by atoms with Crippen LogP contribution in [0.25, 0.3) is 0 Å². The molecule has 1 aliphatic heterocycles. The van der Waals surface area contributed by atoms with Crippen molar-refractivity contribution in [1.82, 2.24) is 0 Å². The minimum absolute atomic E-state index is 0.0798. The maximum absolute atomic E-state index is 12.7. The third-order valence-electron chi connectivity index (χ3n) is 3.65. The zero-order valence-electron chi connectivity index (χ0n) is 13.0. The molecule has 1 unspecified atom stereocenters. The monoisotopic (exact) mass is 354 g/mol. The summed E-state index contributed by atoms with van der Waals surface area (Å²) in [6, 6.07) is 2.21. The lowest BCUT2D eigenvalue weighted by atomic mass is 10.1. The van der Waals surface area contributed by atoms with Gasteiger partial charge < -0.3 is 9.47 Å². The minimum atomic E-state index is -4.67. The molecule has 1 atom stereocenters. The molecule has 3 rings (SSSR count). The fourth-order valence-electron chi connectivity index (χ4n) is 2.47. The number of nitrogens with zero attached hydrogens (tertiary/aromatic N) is 2. The van der Waals surface area contributed by atoms with Gasteiger partial charge in [0.05, 0.1) is 28.9 Å². The number of hydrogen-bond donors (Lipinski definition) is 0. The van der Waals surface area contributed by atoms with E-state index in [9.17, 15) is 23.3 Å². The van der Waals surface area contributed by atoms with E-state index in [0.717, 1.165) is 12.1 Å². The summed E-state index contributed by atoms with van der Waals surface area (Å²) in [6.45, 7) is 2.27. The molecule has 1 aliphatic carbocycles. The quantitative estimate of drug-likeness (QED) is 0.595. The Kier molecular flexibility index (Phi) is 4.21. The number of rotatable bonds is 2. The number of hydrogen-bond acceptors (Lipinski definition) is 5. The van der Waals surface area contributed by atoms with Gasteiger partial charge in [-0.1, -0.05) is 0 Å². The van der Waals surface area contributed by atoms with Crippen LogP contribution in [-0.4, -0.2) is 29.1 Å². The second-order valence-corrected chi connectivity index (χ2v) is 5.62. The lowest BCUT2D eigenvalue weighted by molar-refractivity contribution is -0.384. The first-order valence-corrected chi connectivity index (χ1v) is 7.33. The predicted molar refractivity (Wildman–Crippen MR) is 82.7 cm³/mol. The molecule has 0 bridgehead atoms. The Labute approximate surface area is 140 Å². The Morgan fingerprint density at radius 2 is 2.00 bits per heavy atom. The summed E-state index contributed by atoms with van der Waals surface area (Å²) in [7, 11) is 0. The van der Waals surface area contributed by atoms with Gasteiger partial charge in [-0.25, -0.2) is 4.99 Å². The van der Waals surface area contributed by atoms with Gasteiger partial charge in [0.25, 0.3) is 5.69 Å². The highest BCUT2D eigenvalue weighted by molar-refractivity contribution is 6.06. The fraction of sp³-hybridized carbons (Fsp3) is 0.312. The molecule has 0 N–H and O–H groups in total. The number of nitro groups is 1. The predicted octanol–water partition coefficient (Wildman–Crippen LogP) is 3.94. The average molecular weight is 354 g/mol. The number of alkyl halides is 3. The van der Waals surface area contributed by atoms with Gasteiger partial charge in [-0.3, -0.25) is 10.1 Å². The van der Waals surface area contributed by atoms with Crippen LogP contribution in [0.2, 0.25) is 0 Å². The zero-order valence-corrected chi connectivity index (χ0v) is 13.0. The van der Waals surface area contributed by atoms with Gasteiger partial charge in [-0.05, 0) is 43.4 Å². The number of ether oxygens (including phenoxy) is 2. The SMILES string of the molecule is CC1COC2(C=CC(=Nc3ccc(C(F)(F)F)cc3[N+](=O)[O-])C=C2)O1. The van der Waals surface area contributed by atoms with Crippen LogP contribution in [0.5, 0.6) is 0 Å². The molecule has 0 saturated carbocycles. The number of nitro benzene ring substituents is 1. The largest absolute Gasteiger partial charge is 0.416 e. The van der Waals surface area contributed by atoms with Crippen LogP contribution >= 0.6 is 0 Å². The third-order valence-corrected chi connectivity index (χ3v) is 3.65. The van der Waals surface area contributed by atoms with Crippen molar-refractivity contribution < 1.29 is 27.6 Å². The van der Waals surface area contributed by atoms with Crippen molar-refractivity contribution >= 4 is 17.1 Å². The zero-order chi connectivity index (χ0) is 18.2. The van der Waals surface area contributed by atoms with Crippen LogP contribution in [0, 0.1) is 10.1 Å². The highest BCUT2D eigenvalue weighted by Gasteiger charge is 2.37. The Morgan fingerprint density at radius 3 is 2.52 bits per heavy atom. The first-order chi connectivity index (χ1) is 11.7. The van der Waals surface area contributed by atoms with E-state index in [0.29, 0.717) is 18.4 Å². The summed E-state index contributed by atoms with van der Waals surface area (Å²) in [6.07, 6.45) is 1.54. The molecule has 1 aromatic rings. The van der Waals surface area contributed by atoms with Crippen molar-refractivity contribution in [3.63, 3.8) is 0 Å². The molecule has 6 nitrogen and oxygen atoms in total. The molecular formula is C16H13F3N2O4. The van der Waals surface area contributed by atoms with Crippen molar-refractivity contribution in [2.45, 2.75) is 25.0 Å². The number of benzene rings is 1. The fourth-order valence-corrected chi connectivity index (χ4v) is 2.47. The van der Waals surface area contributed by atoms with Crippen molar-refractivity contribution in [2.24, 2.45) is 4.99 Å². The highest BCUT2D eigenvalue weighted by Crippen LogP contribution is 2.36. The average Bonchev–Trinajstić information content (AvgIpc) is 2.90. The molecule has 1 saturated heterocycles. The maximum Gasteiger partial charge on any atom is 0.416 e.